The van der Waals surface area contributed by atoms with E-state index in [2.05, 4.69) is 41.7 Å². The lowest BCUT2D eigenvalue weighted by atomic mass is 9.82. The van der Waals surface area contributed by atoms with Crippen molar-refractivity contribution in [3.63, 3.8) is 0 Å². The van der Waals surface area contributed by atoms with Crippen LogP contribution in [0, 0.1) is 0 Å². The van der Waals surface area contributed by atoms with Gasteiger partial charge in [0.1, 0.15) is 0 Å². The number of anilines is 1. The Labute approximate surface area is 126 Å². The van der Waals surface area contributed by atoms with E-state index in [1.54, 1.807) is 0 Å². The highest BCUT2D eigenvalue weighted by Gasteiger charge is 2.22. The van der Waals surface area contributed by atoms with Crippen LogP contribution in [0.15, 0.2) is 54.6 Å². The summed E-state index contributed by atoms with van der Waals surface area (Å²) in [7, 11) is 0. The fraction of sp³-hybridized carbons (Fsp3) is 0.333. The summed E-state index contributed by atoms with van der Waals surface area (Å²) in [4.78, 5) is 0. The van der Waals surface area contributed by atoms with E-state index in [9.17, 15) is 0 Å². The highest BCUT2D eigenvalue weighted by Crippen LogP contribution is 2.34. The average molecular weight is 286 g/mol. The van der Waals surface area contributed by atoms with Crippen LogP contribution in [-0.4, -0.2) is 6.04 Å². The van der Waals surface area contributed by atoms with Gasteiger partial charge in [0.25, 0.3) is 0 Å². The van der Waals surface area contributed by atoms with Crippen LogP contribution >= 0.6 is 11.6 Å². The average Bonchev–Trinajstić information content (AvgIpc) is 2.51. The van der Waals surface area contributed by atoms with E-state index in [1.807, 2.05) is 18.2 Å². The van der Waals surface area contributed by atoms with E-state index < -0.39 is 0 Å². The fourth-order valence-corrected chi connectivity index (χ4v) is 3.28. The molecule has 1 fully saturated rings. The third-order valence-electron chi connectivity index (χ3n) is 4.23. The lowest BCUT2D eigenvalue weighted by molar-refractivity contribution is 0.412. The maximum Gasteiger partial charge on any atom is 0.0637 e. The first kappa shape index (κ1) is 13.5. The van der Waals surface area contributed by atoms with Gasteiger partial charge in [0, 0.05) is 6.04 Å². The molecule has 0 heterocycles. The van der Waals surface area contributed by atoms with Crippen LogP contribution in [0.2, 0.25) is 5.02 Å². The van der Waals surface area contributed by atoms with Crippen LogP contribution in [0.25, 0.3) is 0 Å². The largest absolute Gasteiger partial charge is 0.381 e. The summed E-state index contributed by atoms with van der Waals surface area (Å²) in [6, 6.07) is 19.4. The van der Waals surface area contributed by atoms with E-state index in [0.29, 0.717) is 6.04 Å². The molecule has 104 valence electrons. The van der Waals surface area contributed by atoms with Gasteiger partial charge < -0.3 is 5.32 Å². The number of nitrogens with one attached hydrogen (secondary N) is 1. The molecule has 0 aromatic heterocycles. The second kappa shape index (κ2) is 6.32. The van der Waals surface area contributed by atoms with E-state index >= 15 is 0 Å². The van der Waals surface area contributed by atoms with Gasteiger partial charge in [-0.1, -0.05) is 54.1 Å². The SMILES string of the molecule is Clc1ccccc1NC1CCC(c2ccccc2)CC1. The minimum atomic E-state index is 0.551. The number of benzene rings is 2. The number of para-hydroxylation sites is 1. The highest BCUT2D eigenvalue weighted by molar-refractivity contribution is 6.33. The summed E-state index contributed by atoms with van der Waals surface area (Å²) in [5.74, 6) is 0.723. The van der Waals surface area contributed by atoms with Gasteiger partial charge in [-0.3, -0.25) is 0 Å². The topological polar surface area (TPSA) is 12.0 Å². The molecule has 2 aromatic carbocycles. The Kier molecular flexibility index (Phi) is 4.27. The molecule has 2 aromatic rings. The van der Waals surface area contributed by atoms with Gasteiger partial charge in [-0.2, -0.15) is 0 Å². The second-order valence-electron chi connectivity index (χ2n) is 5.58. The van der Waals surface area contributed by atoms with Crippen molar-refractivity contribution in [2.24, 2.45) is 0 Å². The fourth-order valence-electron chi connectivity index (χ4n) is 3.09. The van der Waals surface area contributed by atoms with Crippen molar-refractivity contribution in [2.45, 2.75) is 37.6 Å². The number of halogens is 1. The minimum Gasteiger partial charge on any atom is -0.381 e. The Hall–Kier alpha value is -1.47. The molecule has 0 aliphatic heterocycles. The van der Waals surface area contributed by atoms with Gasteiger partial charge in [0.2, 0.25) is 0 Å². The second-order valence-corrected chi connectivity index (χ2v) is 5.99. The Bertz CT molecular complexity index is 544. The molecule has 0 radical (unpaired) electrons. The molecule has 0 spiro atoms. The lowest BCUT2D eigenvalue weighted by Crippen LogP contribution is -2.25. The predicted molar refractivity (Wildman–Crippen MR) is 86.5 cm³/mol. The summed E-state index contributed by atoms with van der Waals surface area (Å²) in [5.41, 5.74) is 2.56. The first-order valence-electron chi connectivity index (χ1n) is 7.39. The minimum absolute atomic E-state index is 0.551. The molecule has 0 amide bonds. The number of hydrogen-bond acceptors (Lipinski definition) is 1. The standard InChI is InChI=1S/C18H20ClN/c19-17-8-4-5-9-18(17)20-16-12-10-15(11-13-16)14-6-2-1-3-7-14/h1-9,15-16,20H,10-13H2. The molecule has 1 saturated carbocycles. The van der Waals surface area contributed by atoms with Crippen LogP contribution in [0.1, 0.15) is 37.2 Å². The van der Waals surface area contributed by atoms with Crippen molar-refractivity contribution in [1.82, 2.24) is 0 Å². The van der Waals surface area contributed by atoms with Gasteiger partial charge in [-0.15, -0.1) is 0 Å². The Morgan fingerprint density at radius 3 is 2.15 bits per heavy atom. The maximum absolute atomic E-state index is 6.21. The first-order valence-corrected chi connectivity index (χ1v) is 7.77. The molecular formula is C18H20ClN. The smallest absolute Gasteiger partial charge is 0.0637 e. The monoisotopic (exact) mass is 285 g/mol. The molecule has 2 heteroatoms. The summed E-state index contributed by atoms with van der Waals surface area (Å²) in [6.45, 7) is 0. The van der Waals surface area contributed by atoms with Gasteiger partial charge in [-0.25, -0.2) is 0 Å². The van der Waals surface area contributed by atoms with Crippen molar-refractivity contribution in [3.8, 4) is 0 Å². The molecule has 1 aliphatic rings. The summed E-state index contributed by atoms with van der Waals surface area (Å²) in [6.07, 6.45) is 4.94. The molecule has 0 saturated heterocycles. The third-order valence-corrected chi connectivity index (χ3v) is 4.56. The van der Waals surface area contributed by atoms with Gasteiger partial charge in [0.05, 0.1) is 10.7 Å². The van der Waals surface area contributed by atoms with Crippen LogP contribution < -0.4 is 5.32 Å². The zero-order chi connectivity index (χ0) is 13.8. The summed E-state index contributed by atoms with van der Waals surface area (Å²) >= 11 is 6.21. The first-order chi connectivity index (χ1) is 9.83. The van der Waals surface area contributed by atoms with Gasteiger partial charge in [-0.05, 0) is 49.3 Å². The molecule has 20 heavy (non-hydrogen) atoms. The van der Waals surface area contributed by atoms with Crippen molar-refractivity contribution in [3.05, 3.63) is 65.2 Å². The summed E-state index contributed by atoms with van der Waals surface area (Å²) in [5, 5.41) is 4.41. The molecule has 1 N–H and O–H groups in total. The van der Waals surface area contributed by atoms with Crippen LogP contribution in [-0.2, 0) is 0 Å². The number of rotatable bonds is 3. The van der Waals surface area contributed by atoms with E-state index in [0.717, 1.165) is 16.6 Å². The maximum atomic E-state index is 6.21. The third kappa shape index (κ3) is 3.16. The molecule has 0 bridgehead atoms. The zero-order valence-corrected chi connectivity index (χ0v) is 12.3. The van der Waals surface area contributed by atoms with E-state index in [4.69, 9.17) is 11.6 Å². The van der Waals surface area contributed by atoms with Crippen LogP contribution in [0.3, 0.4) is 0 Å². The predicted octanol–water partition coefficient (Wildman–Crippen LogP) is 5.48. The van der Waals surface area contributed by atoms with Crippen LogP contribution in [0.4, 0.5) is 5.69 Å². The summed E-state index contributed by atoms with van der Waals surface area (Å²) < 4.78 is 0. The quantitative estimate of drug-likeness (QED) is 0.787. The number of hydrogen-bond donors (Lipinski definition) is 1. The molecule has 3 rings (SSSR count). The van der Waals surface area contributed by atoms with E-state index in [1.165, 1.54) is 31.2 Å². The van der Waals surface area contributed by atoms with Crippen molar-refractivity contribution in [1.29, 1.82) is 0 Å². The van der Waals surface area contributed by atoms with Crippen molar-refractivity contribution in [2.75, 3.05) is 5.32 Å². The highest BCUT2D eigenvalue weighted by atomic mass is 35.5. The Balaban J connectivity index is 1.58. The van der Waals surface area contributed by atoms with E-state index in [-0.39, 0.29) is 0 Å². The van der Waals surface area contributed by atoms with Crippen molar-refractivity contribution >= 4 is 17.3 Å². The molecular weight excluding hydrogens is 266 g/mol. The lowest BCUT2D eigenvalue weighted by Gasteiger charge is -2.30. The van der Waals surface area contributed by atoms with Crippen molar-refractivity contribution < 1.29 is 0 Å². The van der Waals surface area contributed by atoms with Gasteiger partial charge >= 0.3 is 0 Å². The zero-order valence-electron chi connectivity index (χ0n) is 11.6. The normalized spacial score (nSPS) is 22.4. The molecule has 1 aliphatic carbocycles. The molecule has 1 nitrogen and oxygen atoms in total. The van der Waals surface area contributed by atoms with Crippen LogP contribution in [0.5, 0.6) is 0 Å². The molecule has 0 atom stereocenters. The Morgan fingerprint density at radius 2 is 1.45 bits per heavy atom. The Morgan fingerprint density at radius 1 is 0.800 bits per heavy atom. The van der Waals surface area contributed by atoms with Gasteiger partial charge in [0.15, 0.2) is 0 Å². The molecule has 0 unspecified atom stereocenters.